The molecule has 0 aliphatic carbocycles. The monoisotopic (exact) mass is 261 g/mol. The maximum absolute atomic E-state index is 12.0. The van der Waals surface area contributed by atoms with Crippen LogP contribution in [0.15, 0.2) is 23.1 Å². The summed E-state index contributed by atoms with van der Waals surface area (Å²) in [6.07, 6.45) is -0.322. The SMILES string of the molecule is CC1Sc2ccc(N)cc2N(C(=O)CC#N)C1=O. The number of benzene rings is 1. The first-order valence-electron chi connectivity index (χ1n) is 5.34. The molecule has 18 heavy (non-hydrogen) atoms. The smallest absolute Gasteiger partial charge is 0.248 e. The largest absolute Gasteiger partial charge is 0.399 e. The van der Waals surface area contributed by atoms with E-state index in [0.717, 1.165) is 9.80 Å². The second kappa shape index (κ2) is 4.70. The second-order valence-electron chi connectivity index (χ2n) is 3.89. The van der Waals surface area contributed by atoms with Gasteiger partial charge in [0.1, 0.15) is 6.42 Å². The zero-order valence-electron chi connectivity index (χ0n) is 9.71. The van der Waals surface area contributed by atoms with Gasteiger partial charge in [0.05, 0.1) is 17.0 Å². The minimum atomic E-state index is -0.512. The van der Waals surface area contributed by atoms with Crippen molar-refractivity contribution in [3.8, 4) is 6.07 Å². The van der Waals surface area contributed by atoms with Crippen molar-refractivity contribution in [2.24, 2.45) is 0 Å². The highest BCUT2D eigenvalue weighted by atomic mass is 32.2. The lowest BCUT2D eigenvalue weighted by atomic mass is 10.2. The predicted molar refractivity (Wildman–Crippen MR) is 68.9 cm³/mol. The lowest BCUT2D eigenvalue weighted by Gasteiger charge is -2.30. The van der Waals surface area contributed by atoms with Gasteiger partial charge in [-0.25, -0.2) is 4.90 Å². The maximum atomic E-state index is 12.0. The number of nitriles is 1. The number of nitrogens with zero attached hydrogens (tertiary/aromatic N) is 2. The van der Waals surface area contributed by atoms with Gasteiger partial charge in [-0.1, -0.05) is 0 Å². The molecule has 92 valence electrons. The molecule has 6 heteroatoms. The van der Waals surface area contributed by atoms with E-state index in [2.05, 4.69) is 0 Å². The first kappa shape index (κ1) is 12.5. The highest BCUT2D eigenvalue weighted by Crippen LogP contribution is 2.40. The number of nitrogen functional groups attached to an aromatic ring is 1. The molecule has 2 amide bonds. The Bertz CT molecular complexity index is 565. The summed E-state index contributed by atoms with van der Waals surface area (Å²) in [6, 6.07) is 6.85. The Kier molecular flexibility index (Phi) is 3.26. The summed E-state index contributed by atoms with van der Waals surface area (Å²) < 4.78 is 0. The van der Waals surface area contributed by atoms with E-state index in [4.69, 9.17) is 11.0 Å². The number of hydrogen-bond acceptors (Lipinski definition) is 5. The topological polar surface area (TPSA) is 87.2 Å². The molecular formula is C12H11N3O2S. The first-order chi connectivity index (χ1) is 8.54. The molecule has 5 nitrogen and oxygen atoms in total. The maximum Gasteiger partial charge on any atom is 0.248 e. The molecule has 0 spiro atoms. The number of carbonyl (C=O) groups is 2. The van der Waals surface area contributed by atoms with E-state index in [0.29, 0.717) is 11.4 Å². The third-order valence-electron chi connectivity index (χ3n) is 2.58. The number of anilines is 2. The molecule has 1 atom stereocenters. The van der Waals surface area contributed by atoms with Crippen molar-refractivity contribution < 1.29 is 9.59 Å². The van der Waals surface area contributed by atoms with E-state index >= 15 is 0 Å². The molecule has 2 N–H and O–H groups in total. The minimum absolute atomic E-state index is 0.307. The number of rotatable bonds is 1. The van der Waals surface area contributed by atoms with Gasteiger partial charge in [0.15, 0.2) is 0 Å². The highest BCUT2D eigenvalue weighted by molar-refractivity contribution is 8.01. The van der Waals surface area contributed by atoms with Gasteiger partial charge in [-0.2, -0.15) is 5.26 Å². The quantitative estimate of drug-likeness (QED) is 0.775. The van der Waals surface area contributed by atoms with Gasteiger partial charge in [0.2, 0.25) is 11.8 Å². The van der Waals surface area contributed by atoms with E-state index in [1.807, 2.05) is 0 Å². The normalized spacial score (nSPS) is 18.1. The Morgan fingerprint density at radius 2 is 2.33 bits per heavy atom. The molecule has 1 aromatic carbocycles. The summed E-state index contributed by atoms with van der Waals surface area (Å²) in [5.41, 5.74) is 6.63. The van der Waals surface area contributed by atoms with E-state index in [-0.39, 0.29) is 17.6 Å². The molecule has 1 aromatic rings. The number of imide groups is 1. The van der Waals surface area contributed by atoms with Crippen LogP contribution in [0.5, 0.6) is 0 Å². The van der Waals surface area contributed by atoms with Gasteiger partial charge in [0.25, 0.3) is 0 Å². The summed E-state index contributed by atoms with van der Waals surface area (Å²) in [4.78, 5) is 25.8. The van der Waals surface area contributed by atoms with E-state index in [1.165, 1.54) is 11.8 Å². The Hall–Kier alpha value is -2.00. The van der Waals surface area contributed by atoms with Crippen LogP contribution < -0.4 is 10.6 Å². The van der Waals surface area contributed by atoms with Crippen LogP contribution in [0.3, 0.4) is 0 Å². The lowest BCUT2D eigenvalue weighted by Crippen LogP contribution is -2.43. The molecule has 0 saturated heterocycles. The fraction of sp³-hybridized carbons (Fsp3) is 0.250. The van der Waals surface area contributed by atoms with Crippen LogP contribution in [0.25, 0.3) is 0 Å². The van der Waals surface area contributed by atoms with E-state index in [9.17, 15) is 9.59 Å². The minimum Gasteiger partial charge on any atom is -0.399 e. The Morgan fingerprint density at radius 3 is 3.00 bits per heavy atom. The molecule has 1 unspecified atom stereocenters. The van der Waals surface area contributed by atoms with Crippen molar-refractivity contribution in [3.05, 3.63) is 18.2 Å². The average molecular weight is 261 g/mol. The molecule has 0 radical (unpaired) electrons. The summed E-state index contributed by atoms with van der Waals surface area (Å²) in [7, 11) is 0. The summed E-state index contributed by atoms with van der Waals surface area (Å²) in [5, 5.41) is 8.24. The molecule has 0 bridgehead atoms. The molecule has 1 heterocycles. The number of amides is 2. The standard InChI is InChI=1S/C12H11N3O2S/c1-7-12(17)15(11(16)4-5-13)9-6-8(14)2-3-10(9)18-7/h2-3,6-7H,4,14H2,1H3. The van der Waals surface area contributed by atoms with Gasteiger partial charge >= 0.3 is 0 Å². The van der Waals surface area contributed by atoms with Gasteiger partial charge < -0.3 is 5.73 Å². The predicted octanol–water partition coefficient (Wildman–Crippen LogP) is 1.54. The Balaban J connectivity index is 2.51. The van der Waals surface area contributed by atoms with E-state index in [1.54, 1.807) is 31.2 Å². The zero-order chi connectivity index (χ0) is 13.3. The molecule has 0 aromatic heterocycles. The van der Waals surface area contributed by atoms with Crippen LogP contribution in [0.4, 0.5) is 11.4 Å². The molecule has 0 fully saturated rings. The van der Waals surface area contributed by atoms with Crippen LogP contribution in [-0.4, -0.2) is 17.1 Å². The van der Waals surface area contributed by atoms with E-state index < -0.39 is 5.91 Å². The van der Waals surface area contributed by atoms with Gasteiger partial charge in [-0.3, -0.25) is 9.59 Å². The van der Waals surface area contributed by atoms with Crippen molar-refractivity contribution in [3.63, 3.8) is 0 Å². The van der Waals surface area contributed by atoms with Crippen molar-refractivity contribution >= 4 is 35.0 Å². The average Bonchev–Trinajstić information content (AvgIpc) is 2.31. The van der Waals surface area contributed by atoms with Gasteiger partial charge in [0, 0.05) is 10.6 Å². The second-order valence-corrected chi connectivity index (χ2v) is 5.27. The summed E-state index contributed by atoms with van der Waals surface area (Å²) in [5.74, 6) is -0.820. The Labute approximate surface area is 109 Å². The van der Waals surface area contributed by atoms with Gasteiger partial charge in [-0.05, 0) is 25.1 Å². The van der Waals surface area contributed by atoms with Crippen molar-refractivity contribution in [1.29, 1.82) is 5.26 Å². The zero-order valence-corrected chi connectivity index (χ0v) is 10.5. The molecular weight excluding hydrogens is 250 g/mol. The molecule has 0 saturated carbocycles. The number of carbonyl (C=O) groups excluding carboxylic acids is 2. The number of fused-ring (bicyclic) bond motifs is 1. The molecule has 1 aliphatic heterocycles. The Morgan fingerprint density at radius 1 is 1.61 bits per heavy atom. The summed E-state index contributed by atoms with van der Waals surface area (Å²) in [6.45, 7) is 1.74. The third-order valence-corrected chi connectivity index (χ3v) is 3.73. The first-order valence-corrected chi connectivity index (χ1v) is 6.22. The lowest BCUT2D eigenvalue weighted by molar-refractivity contribution is -0.125. The van der Waals surface area contributed by atoms with Crippen LogP contribution in [0.2, 0.25) is 0 Å². The number of hydrogen-bond donors (Lipinski definition) is 1. The number of nitrogens with two attached hydrogens (primary N) is 1. The number of thioether (sulfide) groups is 1. The summed E-state index contributed by atoms with van der Waals surface area (Å²) >= 11 is 1.39. The molecule has 2 rings (SSSR count). The third kappa shape index (κ3) is 2.05. The van der Waals surface area contributed by atoms with Crippen LogP contribution in [0.1, 0.15) is 13.3 Å². The van der Waals surface area contributed by atoms with Crippen LogP contribution >= 0.6 is 11.8 Å². The fourth-order valence-corrected chi connectivity index (χ4v) is 2.76. The fourth-order valence-electron chi connectivity index (χ4n) is 1.75. The highest BCUT2D eigenvalue weighted by Gasteiger charge is 2.34. The van der Waals surface area contributed by atoms with Crippen LogP contribution in [0, 0.1) is 11.3 Å². The van der Waals surface area contributed by atoms with Crippen molar-refractivity contribution in [2.45, 2.75) is 23.5 Å². The van der Waals surface area contributed by atoms with Gasteiger partial charge in [-0.15, -0.1) is 11.8 Å². The van der Waals surface area contributed by atoms with Crippen LogP contribution in [-0.2, 0) is 9.59 Å². The van der Waals surface area contributed by atoms with Crippen molar-refractivity contribution in [1.82, 2.24) is 0 Å². The molecule has 1 aliphatic rings. The van der Waals surface area contributed by atoms with Crippen molar-refractivity contribution in [2.75, 3.05) is 10.6 Å².